The van der Waals surface area contributed by atoms with Crippen LogP contribution in [0.25, 0.3) is 11.3 Å². The number of carbonyl (C=O) groups is 2. The van der Waals surface area contributed by atoms with E-state index in [1.54, 1.807) is 30.3 Å². The molecule has 5 N–H and O–H groups in total. The lowest BCUT2D eigenvalue weighted by Gasteiger charge is -2.11. The fourth-order valence-corrected chi connectivity index (χ4v) is 5.27. The van der Waals surface area contributed by atoms with Crippen molar-refractivity contribution in [2.24, 2.45) is 0 Å². The first-order valence-corrected chi connectivity index (χ1v) is 19.1. The summed E-state index contributed by atoms with van der Waals surface area (Å²) < 4.78 is 74.0. The highest BCUT2D eigenvalue weighted by atomic mass is 35.5. The number of carbonyl (C=O) groups excluding carboxylic acids is 2. The Labute approximate surface area is 349 Å². The zero-order valence-electron chi connectivity index (χ0n) is 32.5. The van der Waals surface area contributed by atoms with Crippen molar-refractivity contribution in [2.45, 2.75) is 6.36 Å². The fraction of sp³-hybridized carbons (Fsp3) is 0.385. The largest absolute Gasteiger partial charge is 0.573 e. The van der Waals surface area contributed by atoms with Gasteiger partial charge in [-0.05, 0) is 54.6 Å². The molecule has 4 rings (SSSR count). The number of hydrogen-bond acceptors (Lipinski definition) is 14. The van der Waals surface area contributed by atoms with E-state index in [0.717, 1.165) is 0 Å². The van der Waals surface area contributed by atoms with Gasteiger partial charge in [-0.3, -0.25) is 9.59 Å². The Kier molecular flexibility index (Phi) is 21.0. The van der Waals surface area contributed by atoms with Gasteiger partial charge in [-0.2, -0.15) is 0 Å². The summed E-state index contributed by atoms with van der Waals surface area (Å²) in [5, 5.41) is 27.3. The molecule has 3 aromatic carbocycles. The fourth-order valence-electron chi connectivity index (χ4n) is 5.05. The number of rotatable bonds is 28. The Bertz CT molecular complexity index is 1900. The third kappa shape index (κ3) is 18.6. The molecular formula is C39H46BClF3N5O11. The van der Waals surface area contributed by atoms with Crippen molar-refractivity contribution in [3.8, 4) is 17.0 Å². The summed E-state index contributed by atoms with van der Waals surface area (Å²) in [6.45, 7) is 4.88. The van der Waals surface area contributed by atoms with Gasteiger partial charge < -0.3 is 59.2 Å². The second kappa shape index (κ2) is 26.3. The van der Waals surface area contributed by atoms with Crippen LogP contribution in [0.1, 0.15) is 20.7 Å². The van der Waals surface area contributed by atoms with Crippen molar-refractivity contribution < 1.29 is 66.0 Å². The molecule has 0 unspecified atom stereocenters. The first-order chi connectivity index (χ1) is 29.0. The zero-order valence-corrected chi connectivity index (χ0v) is 33.2. The highest BCUT2D eigenvalue weighted by Gasteiger charge is 2.31. The molecule has 0 spiro atoms. The van der Waals surface area contributed by atoms with E-state index in [2.05, 4.69) is 30.7 Å². The van der Waals surface area contributed by atoms with Crippen LogP contribution in [0, 0.1) is 0 Å². The summed E-state index contributed by atoms with van der Waals surface area (Å²) in [6.07, 6.45) is -3.44. The lowest BCUT2D eigenvalue weighted by molar-refractivity contribution is -0.274. The van der Waals surface area contributed by atoms with Crippen LogP contribution in [0.4, 0.5) is 24.7 Å². The van der Waals surface area contributed by atoms with Gasteiger partial charge in [-0.1, -0.05) is 23.7 Å². The highest BCUT2D eigenvalue weighted by molar-refractivity contribution is 6.62. The van der Waals surface area contributed by atoms with Gasteiger partial charge in [0.15, 0.2) is 0 Å². The standard InChI is InChI=1S/C39H46BClF3N5O11/c41-34-9-4-30(25-33(34)40(52)53)38(51)46-11-13-55-15-17-57-19-21-59-23-22-58-20-18-56-16-14-54-12-10-45-37(50)29-3-1-2-28(24-29)35-26-36(48-27-47-35)49-31-5-7-32(8-6-31)60-39(42,43)44/h1-9,24-27,52-53H,10-23H2,(H,45,50)(H,46,51)(H,47,48,49). The molecule has 2 amide bonds. The van der Waals surface area contributed by atoms with E-state index in [-0.39, 0.29) is 59.9 Å². The van der Waals surface area contributed by atoms with Crippen LogP contribution in [0.3, 0.4) is 0 Å². The number of alkyl halides is 3. The number of anilines is 2. The summed E-state index contributed by atoms with van der Waals surface area (Å²) in [5.74, 6) is -0.621. The number of nitrogens with zero attached hydrogens (tertiary/aromatic N) is 2. The molecule has 324 valence electrons. The van der Waals surface area contributed by atoms with Crippen molar-refractivity contribution in [1.29, 1.82) is 0 Å². The van der Waals surface area contributed by atoms with E-state index in [1.807, 2.05) is 0 Å². The Morgan fingerprint density at radius 2 is 1.17 bits per heavy atom. The van der Waals surface area contributed by atoms with Gasteiger partial charge in [-0.15, -0.1) is 13.2 Å². The minimum absolute atomic E-state index is 0.0510. The van der Waals surface area contributed by atoms with E-state index >= 15 is 0 Å². The van der Waals surface area contributed by atoms with Crippen molar-refractivity contribution in [1.82, 2.24) is 20.6 Å². The molecule has 0 aliphatic rings. The monoisotopic (exact) mass is 863 g/mol. The van der Waals surface area contributed by atoms with Crippen LogP contribution < -0.4 is 26.2 Å². The van der Waals surface area contributed by atoms with E-state index < -0.39 is 13.5 Å². The molecule has 4 aromatic rings. The molecule has 21 heteroatoms. The van der Waals surface area contributed by atoms with Crippen molar-refractivity contribution >= 4 is 47.5 Å². The molecule has 0 atom stereocenters. The second-order valence-electron chi connectivity index (χ2n) is 12.4. The lowest BCUT2D eigenvalue weighted by atomic mass is 9.79. The van der Waals surface area contributed by atoms with Crippen LogP contribution in [0.5, 0.6) is 5.75 Å². The molecule has 60 heavy (non-hydrogen) atoms. The number of benzene rings is 3. The second-order valence-corrected chi connectivity index (χ2v) is 12.8. The quantitative estimate of drug-likeness (QED) is 0.0411. The maximum atomic E-state index is 12.8. The number of ether oxygens (including phenoxy) is 7. The predicted molar refractivity (Wildman–Crippen MR) is 215 cm³/mol. The molecule has 0 saturated heterocycles. The number of hydrogen-bond donors (Lipinski definition) is 5. The topological polar surface area (TPSA) is 201 Å². The molecule has 0 radical (unpaired) electrons. The average molecular weight is 864 g/mol. The molecule has 1 heterocycles. The molecule has 0 bridgehead atoms. The van der Waals surface area contributed by atoms with Gasteiger partial charge in [-0.25, -0.2) is 9.97 Å². The van der Waals surface area contributed by atoms with Gasteiger partial charge in [0.1, 0.15) is 17.9 Å². The van der Waals surface area contributed by atoms with Crippen LogP contribution in [0.2, 0.25) is 5.02 Å². The summed E-state index contributed by atoms with van der Waals surface area (Å²) >= 11 is 5.89. The van der Waals surface area contributed by atoms with Gasteiger partial charge in [0, 0.05) is 52.0 Å². The Morgan fingerprint density at radius 1 is 0.650 bits per heavy atom. The van der Waals surface area contributed by atoms with Crippen molar-refractivity contribution in [3.63, 3.8) is 0 Å². The SMILES string of the molecule is O=C(NCCOCCOCCOCCOCCOCCOCCNC(=O)c1ccc(Cl)c(B(O)O)c1)c1cccc(-c2cc(Nc3ccc(OC(F)(F)F)cc3)ncn2)c1. The van der Waals surface area contributed by atoms with E-state index in [0.29, 0.717) is 94.4 Å². The normalized spacial score (nSPS) is 11.3. The van der Waals surface area contributed by atoms with E-state index in [9.17, 15) is 32.8 Å². The van der Waals surface area contributed by atoms with Crippen LogP contribution in [-0.2, 0) is 28.4 Å². The lowest BCUT2D eigenvalue weighted by Crippen LogP contribution is -2.33. The van der Waals surface area contributed by atoms with Gasteiger partial charge in [0.25, 0.3) is 11.8 Å². The van der Waals surface area contributed by atoms with Gasteiger partial charge in [0.05, 0.1) is 85.0 Å². The Morgan fingerprint density at radius 3 is 1.68 bits per heavy atom. The first kappa shape index (κ1) is 47.8. The third-order valence-electron chi connectivity index (χ3n) is 7.91. The van der Waals surface area contributed by atoms with Crippen LogP contribution in [0.15, 0.2) is 79.1 Å². The van der Waals surface area contributed by atoms with Crippen molar-refractivity contribution in [2.75, 3.05) is 97.7 Å². The molecule has 1 aromatic heterocycles. The van der Waals surface area contributed by atoms with Crippen molar-refractivity contribution in [3.05, 3.63) is 95.3 Å². The Hall–Kier alpha value is -4.90. The maximum Gasteiger partial charge on any atom is 0.573 e. The molecule has 16 nitrogen and oxygen atoms in total. The molecular weight excluding hydrogens is 818 g/mol. The summed E-state index contributed by atoms with van der Waals surface area (Å²) in [6, 6.07) is 18.0. The van der Waals surface area contributed by atoms with E-state index in [1.165, 1.54) is 48.8 Å². The zero-order chi connectivity index (χ0) is 43.0. The highest BCUT2D eigenvalue weighted by Crippen LogP contribution is 2.26. The van der Waals surface area contributed by atoms with Crippen LogP contribution in [-0.4, -0.2) is 138 Å². The molecule has 0 aliphatic carbocycles. The van der Waals surface area contributed by atoms with Gasteiger partial charge >= 0.3 is 13.5 Å². The van der Waals surface area contributed by atoms with Crippen LogP contribution >= 0.6 is 11.6 Å². The summed E-state index contributed by atoms with van der Waals surface area (Å²) in [4.78, 5) is 33.4. The smallest absolute Gasteiger partial charge is 0.423 e. The minimum Gasteiger partial charge on any atom is -0.423 e. The van der Waals surface area contributed by atoms with E-state index in [4.69, 9.17) is 40.0 Å². The van der Waals surface area contributed by atoms with Gasteiger partial charge in [0.2, 0.25) is 0 Å². The summed E-state index contributed by atoms with van der Waals surface area (Å²) in [7, 11) is -1.77. The minimum atomic E-state index is -4.78. The number of nitrogens with one attached hydrogen (secondary N) is 3. The molecule has 0 saturated carbocycles. The first-order valence-electron chi connectivity index (χ1n) is 18.7. The number of amides is 2. The Balaban J connectivity index is 0.933. The molecule has 0 aliphatic heterocycles. The summed E-state index contributed by atoms with van der Waals surface area (Å²) in [5.41, 5.74) is 2.40. The average Bonchev–Trinajstić information content (AvgIpc) is 3.23. The number of halogens is 4. The third-order valence-corrected chi connectivity index (χ3v) is 8.25. The maximum absolute atomic E-state index is 12.8. The molecule has 0 fully saturated rings. The predicted octanol–water partition coefficient (Wildman–Crippen LogP) is 3.38. The number of aromatic nitrogens is 2.